The third-order valence-corrected chi connectivity index (χ3v) is 2.70. The van der Waals surface area contributed by atoms with Gasteiger partial charge >= 0.3 is 0 Å². The van der Waals surface area contributed by atoms with Crippen LogP contribution < -0.4 is 0 Å². The Kier molecular flexibility index (Phi) is 3.06. The molecule has 0 spiro atoms. The Morgan fingerprint density at radius 1 is 1.29 bits per heavy atom. The van der Waals surface area contributed by atoms with E-state index in [2.05, 4.69) is 6.07 Å². The first-order valence-electron chi connectivity index (χ1n) is 5.36. The lowest BCUT2D eigenvalue weighted by molar-refractivity contribution is 0.0971. The molecule has 2 rings (SSSR count). The SMILES string of the molecule is Cc1ccccc1C(=O)Cn1cccc1C#N. The minimum absolute atomic E-state index is 0.0239. The van der Waals surface area contributed by atoms with Gasteiger partial charge in [0.05, 0.1) is 6.54 Å². The monoisotopic (exact) mass is 224 g/mol. The highest BCUT2D eigenvalue weighted by Crippen LogP contribution is 2.10. The number of Topliss-reactive ketones (excluding diaryl/α,β-unsaturated/α-hetero) is 1. The minimum atomic E-state index is 0.0239. The third kappa shape index (κ3) is 2.26. The van der Waals surface area contributed by atoms with Crippen LogP contribution in [0.4, 0.5) is 0 Å². The fourth-order valence-electron chi connectivity index (χ4n) is 1.78. The lowest BCUT2D eigenvalue weighted by Gasteiger charge is -2.06. The number of ketones is 1. The van der Waals surface area contributed by atoms with Gasteiger partial charge < -0.3 is 4.57 Å². The number of carbonyl (C=O) groups is 1. The molecule has 1 aromatic heterocycles. The lowest BCUT2D eigenvalue weighted by Crippen LogP contribution is -2.12. The van der Waals surface area contributed by atoms with Gasteiger partial charge in [-0.15, -0.1) is 0 Å². The van der Waals surface area contributed by atoms with Crippen LogP contribution in [0, 0.1) is 18.3 Å². The van der Waals surface area contributed by atoms with E-state index < -0.39 is 0 Å². The first-order chi connectivity index (χ1) is 8.22. The zero-order valence-corrected chi connectivity index (χ0v) is 9.55. The molecule has 2 aromatic rings. The van der Waals surface area contributed by atoms with Gasteiger partial charge in [0, 0.05) is 11.8 Å². The molecule has 0 aliphatic heterocycles. The van der Waals surface area contributed by atoms with E-state index in [1.807, 2.05) is 31.2 Å². The topological polar surface area (TPSA) is 45.8 Å². The molecule has 0 aliphatic rings. The summed E-state index contributed by atoms with van der Waals surface area (Å²) >= 11 is 0. The highest BCUT2D eigenvalue weighted by Gasteiger charge is 2.10. The maximum Gasteiger partial charge on any atom is 0.182 e. The maximum absolute atomic E-state index is 12.1. The molecule has 3 heteroatoms. The number of hydrogen-bond acceptors (Lipinski definition) is 2. The van der Waals surface area contributed by atoms with E-state index in [1.54, 1.807) is 22.9 Å². The number of aromatic nitrogens is 1. The van der Waals surface area contributed by atoms with Crippen LogP contribution >= 0.6 is 0 Å². The van der Waals surface area contributed by atoms with Crippen molar-refractivity contribution in [2.45, 2.75) is 13.5 Å². The summed E-state index contributed by atoms with van der Waals surface area (Å²) in [7, 11) is 0. The Bertz CT molecular complexity index is 590. The highest BCUT2D eigenvalue weighted by molar-refractivity contribution is 5.97. The summed E-state index contributed by atoms with van der Waals surface area (Å²) in [5.41, 5.74) is 2.18. The van der Waals surface area contributed by atoms with Gasteiger partial charge in [-0.1, -0.05) is 24.3 Å². The first-order valence-corrected chi connectivity index (χ1v) is 5.36. The summed E-state index contributed by atoms with van der Waals surface area (Å²) < 4.78 is 1.66. The maximum atomic E-state index is 12.1. The van der Waals surface area contributed by atoms with Crippen molar-refractivity contribution >= 4 is 5.78 Å². The Labute approximate surface area is 99.9 Å². The van der Waals surface area contributed by atoms with Crippen molar-refractivity contribution in [3.8, 4) is 6.07 Å². The van der Waals surface area contributed by atoms with Crippen molar-refractivity contribution in [3.63, 3.8) is 0 Å². The average Bonchev–Trinajstić information content (AvgIpc) is 2.76. The number of hydrogen-bond donors (Lipinski definition) is 0. The van der Waals surface area contributed by atoms with Crippen LogP contribution in [0.2, 0.25) is 0 Å². The average molecular weight is 224 g/mol. The van der Waals surface area contributed by atoms with Crippen LogP contribution in [0.5, 0.6) is 0 Å². The second-order valence-corrected chi connectivity index (χ2v) is 3.87. The number of nitriles is 1. The van der Waals surface area contributed by atoms with E-state index in [9.17, 15) is 4.79 Å². The summed E-state index contributed by atoms with van der Waals surface area (Å²) in [6, 6.07) is 13.0. The fourth-order valence-corrected chi connectivity index (χ4v) is 1.78. The predicted octanol–water partition coefficient (Wildman–Crippen LogP) is 2.55. The molecule has 17 heavy (non-hydrogen) atoms. The van der Waals surface area contributed by atoms with Crippen molar-refractivity contribution < 1.29 is 4.79 Å². The summed E-state index contributed by atoms with van der Waals surface area (Å²) in [5.74, 6) is 0.0239. The lowest BCUT2D eigenvalue weighted by atomic mass is 10.1. The van der Waals surface area contributed by atoms with Gasteiger partial charge in [-0.3, -0.25) is 4.79 Å². The van der Waals surface area contributed by atoms with E-state index in [0.29, 0.717) is 11.3 Å². The smallest absolute Gasteiger partial charge is 0.182 e. The van der Waals surface area contributed by atoms with Gasteiger partial charge in [0.2, 0.25) is 0 Å². The molecule has 0 atom stereocenters. The van der Waals surface area contributed by atoms with E-state index in [4.69, 9.17) is 5.26 Å². The summed E-state index contributed by atoms with van der Waals surface area (Å²) in [6.45, 7) is 2.12. The van der Waals surface area contributed by atoms with Crippen molar-refractivity contribution in [3.05, 3.63) is 59.4 Å². The summed E-state index contributed by atoms with van der Waals surface area (Å²) in [6.07, 6.45) is 1.74. The molecular formula is C14H12N2O. The number of nitrogens with zero attached hydrogens (tertiary/aromatic N) is 2. The van der Waals surface area contributed by atoms with Crippen molar-refractivity contribution in [2.24, 2.45) is 0 Å². The van der Waals surface area contributed by atoms with Gasteiger partial charge in [0.25, 0.3) is 0 Å². The molecule has 0 bridgehead atoms. The van der Waals surface area contributed by atoms with E-state index in [-0.39, 0.29) is 12.3 Å². The molecule has 0 unspecified atom stereocenters. The number of aryl methyl sites for hydroxylation is 1. The number of carbonyl (C=O) groups excluding carboxylic acids is 1. The van der Waals surface area contributed by atoms with E-state index in [0.717, 1.165) is 5.56 Å². The van der Waals surface area contributed by atoms with Crippen molar-refractivity contribution in [1.82, 2.24) is 4.57 Å². The zero-order chi connectivity index (χ0) is 12.3. The van der Waals surface area contributed by atoms with Crippen LogP contribution in [0.3, 0.4) is 0 Å². The highest BCUT2D eigenvalue weighted by atomic mass is 16.1. The largest absolute Gasteiger partial charge is 0.332 e. The van der Waals surface area contributed by atoms with Gasteiger partial charge in [0.1, 0.15) is 11.8 Å². The third-order valence-electron chi connectivity index (χ3n) is 2.70. The van der Waals surface area contributed by atoms with Gasteiger partial charge in [0.15, 0.2) is 5.78 Å². The Balaban J connectivity index is 2.24. The molecule has 1 heterocycles. The molecule has 1 aromatic carbocycles. The second kappa shape index (κ2) is 4.67. The van der Waals surface area contributed by atoms with Gasteiger partial charge in [-0.2, -0.15) is 5.26 Å². The summed E-state index contributed by atoms with van der Waals surface area (Å²) in [4.78, 5) is 12.1. The molecular weight excluding hydrogens is 212 g/mol. The molecule has 0 N–H and O–H groups in total. The molecule has 3 nitrogen and oxygen atoms in total. The molecule has 84 valence electrons. The van der Waals surface area contributed by atoms with E-state index >= 15 is 0 Å². The molecule has 0 fully saturated rings. The van der Waals surface area contributed by atoms with Crippen LogP contribution in [0.25, 0.3) is 0 Å². The molecule has 0 aliphatic carbocycles. The van der Waals surface area contributed by atoms with Crippen molar-refractivity contribution in [2.75, 3.05) is 0 Å². The van der Waals surface area contributed by atoms with Crippen LogP contribution in [0.15, 0.2) is 42.6 Å². The minimum Gasteiger partial charge on any atom is -0.332 e. The normalized spacial score (nSPS) is 9.88. The second-order valence-electron chi connectivity index (χ2n) is 3.87. The Morgan fingerprint density at radius 3 is 2.76 bits per heavy atom. The number of benzene rings is 1. The quantitative estimate of drug-likeness (QED) is 0.752. The predicted molar refractivity (Wildman–Crippen MR) is 64.7 cm³/mol. The molecule has 0 radical (unpaired) electrons. The Hall–Kier alpha value is -2.34. The first kappa shape index (κ1) is 11.2. The number of rotatable bonds is 3. The Morgan fingerprint density at radius 2 is 2.06 bits per heavy atom. The zero-order valence-electron chi connectivity index (χ0n) is 9.55. The molecule has 0 amide bonds. The van der Waals surface area contributed by atoms with Gasteiger partial charge in [-0.05, 0) is 24.6 Å². The van der Waals surface area contributed by atoms with Crippen molar-refractivity contribution in [1.29, 1.82) is 5.26 Å². The van der Waals surface area contributed by atoms with Gasteiger partial charge in [-0.25, -0.2) is 0 Å². The fraction of sp³-hybridized carbons (Fsp3) is 0.143. The van der Waals surface area contributed by atoms with Crippen LogP contribution in [-0.4, -0.2) is 10.4 Å². The van der Waals surface area contributed by atoms with Crippen LogP contribution in [0.1, 0.15) is 21.6 Å². The standard InChI is InChI=1S/C14H12N2O/c1-11-5-2-3-7-13(11)14(17)10-16-8-4-6-12(16)9-15/h2-8H,10H2,1H3. The molecule has 0 saturated carbocycles. The molecule has 0 saturated heterocycles. The van der Waals surface area contributed by atoms with Crippen LogP contribution in [-0.2, 0) is 6.54 Å². The summed E-state index contributed by atoms with van der Waals surface area (Å²) in [5, 5.41) is 8.86. The van der Waals surface area contributed by atoms with E-state index in [1.165, 1.54) is 0 Å².